The second-order valence-electron chi connectivity index (χ2n) is 7.19. The molecule has 2 unspecified atom stereocenters. The number of hydrogen-bond acceptors (Lipinski definition) is 3. The van der Waals surface area contributed by atoms with Crippen LogP contribution in [0.1, 0.15) is 44.9 Å². The van der Waals surface area contributed by atoms with E-state index in [9.17, 15) is 4.79 Å². The average molecular weight is 294 g/mol. The molecule has 0 aromatic rings. The largest absolute Gasteiger partial charge is 0.348 e. The molecule has 2 saturated carbocycles. The lowest BCUT2D eigenvalue weighted by Gasteiger charge is -2.36. The summed E-state index contributed by atoms with van der Waals surface area (Å²) in [5.74, 6) is 1.21. The smallest absolute Gasteiger partial charge is 0.317 e. The summed E-state index contributed by atoms with van der Waals surface area (Å²) in [5, 5.41) is 3.23. The van der Waals surface area contributed by atoms with Gasteiger partial charge in [-0.25, -0.2) is 4.79 Å². The molecule has 2 saturated heterocycles. The Morgan fingerprint density at radius 1 is 1.00 bits per heavy atom. The Morgan fingerprint density at radius 2 is 1.62 bits per heavy atom. The number of amides is 2. The van der Waals surface area contributed by atoms with Gasteiger partial charge in [0, 0.05) is 32.0 Å². The van der Waals surface area contributed by atoms with Crippen LogP contribution in [0.2, 0.25) is 0 Å². The van der Waals surface area contributed by atoms with Gasteiger partial charge in [0.1, 0.15) is 0 Å². The Morgan fingerprint density at radius 3 is 2.24 bits per heavy atom. The van der Waals surface area contributed by atoms with Gasteiger partial charge < -0.3 is 19.7 Å². The Bertz CT molecular complexity index is 386. The maximum Gasteiger partial charge on any atom is 0.317 e. The molecule has 2 atom stereocenters. The summed E-state index contributed by atoms with van der Waals surface area (Å²) in [5.41, 5.74) is 0. The molecule has 1 spiro atoms. The maximum atomic E-state index is 12.4. The van der Waals surface area contributed by atoms with Crippen LogP contribution in [-0.2, 0) is 9.47 Å². The van der Waals surface area contributed by atoms with Crippen LogP contribution in [0.15, 0.2) is 0 Å². The number of carbonyl (C=O) groups is 1. The minimum atomic E-state index is -0.327. The lowest BCUT2D eigenvalue weighted by molar-refractivity contribution is -0.179. The van der Waals surface area contributed by atoms with Crippen LogP contribution in [0.25, 0.3) is 0 Å². The fraction of sp³-hybridized carbons (Fsp3) is 0.938. The molecule has 4 fully saturated rings. The SMILES string of the molecule is O=C(NC1CCC2(CC1)OCCO2)N1CC2CCCC2C1. The highest BCUT2D eigenvalue weighted by atomic mass is 16.7. The van der Waals surface area contributed by atoms with E-state index in [1.54, 1.807) is 0 Å². The third kappa shape index (κ3) is 2.66. The first kappa shape index (κ1) is 13.8. The van der Waals surface area contributed by atoms with Crippen LogP contribution < -0.4 is 5.32 Å². The van der Waals surface area contributed by atoms with E-state index < -0.39 is 0 Å². The molecule has 0 bridgehead atoms. The van der Waals surface area contributed by atoms with Crippen molar-refractivity contribution < 1.29 is 14.3 Å². The third-order valence-electron chi connectivity index (χ3n) is 5.90. The van der Waals surface area contributed by atoms with Crippen LogP contribution in [0, 0.1) is 11.8 Å². The summed E-state index contributed by atoms with van der Waals surface area (Å²) in [6, 6.07) is 0.440. The fourth-order valence-corrected chi connectivity index (χ4v) is 4.65. The first-order valence-corrected chi connectivity index (χ1v) is 8.57. The molecular weight excluding hydrogens is 268 g/mol. The van der Waals surface area contributed by atoms with Gasteiger partial charge in [0.2, 0.25) is 0 Å². The molecule has 2 amide bonds. The fourth-order valence-electron chi connectivity index (χ4n) is 4.65. The van der Waals surface area contributed by atoms with Gasteiger partial charge in [-0.1, -0.05) is 6.42 Å². The summed E-state index contributed by atoms with van der Waals surface area (Å²) in [6.45, 7) is 3.37. The van der Waals surface area contributed by atoms with Crippen molar-refractivity contribution in [3.63, 3.8) is 0 Å². The van der Waals surface area contributed by atoms with E-state index in [1.807, 2.05) is 4.90 Å². The molecule has 5 nitrogen and oxygen atoms in total. The second-order valence-corrected chi connectivity index (χ2v) is 7.19. The molecule has 2 aliphatic carbocycles. The van der Waals surface area contributed by atoms with E-state index in [0.717, 1.165) is 50.6 Å². The Hall–Kier alpha value is -0.810. The van der Waals surface area contributed by atoms with Gasteiger partial charge in [-0.15, -0.1) is 0 Å². The van der Waals surface area contributed by atoms with Gasteiger partial charge >= 0.3 is 6.03 Å². The van der Waals surface area contributed by atoms with Crippen molar-refractivity contribution in [2.75, 3.05) is 26.3 Å². The number of carbonyl (C=O) groups excluding carboxylic acids is 1. The summed E-state index contributed by atoms with van der Waals surface area (Å²) in [6.07, 6.45) is 7.73. The first-order chi connectivity index (χ1) is 10.2. The molecule has 1 N–H and O–H groups in total. The van der Waals surface area contributed by atoms with Gasteiger partial charge in [-0.3, -0.25) is 0 Å². The van der Waals surface area contributed by atoms with Crippen LogP contribution in [0.3, 0.4) is 0 Å². The van der Waals surface area contributed by atoms with Crippen LogP contribution >= 0.6 is 0 Å². The zero-order valence-electron chi connectivity index (χ0n) is 12.7. The topological polar surface area (TPSA) is 50.8 Å². The summed E-state index contributed by atoms with van der Waals surface area (Å²) < 4.78 is 11.5. The minimum Gasteiger partial charge on any atom is -0.348 e. The van der Waals surface area contributed by atoms with Crippen LogP contribution in [0.4, 0.5) is 4.79 Å². The zero-order valence-corrected chi connectivity index (χ0v) is 12.7. The average Bonchev–Trinajstić information content (AvgIpc) is 3.17. The predicted molar refractivity (Wildman–Crippen MR) is 77.8 cm³/mol. The van der Waals surface area contributed by atoms with Crippen molar-refractivity contribution >= 4 is 6.03 Å². The second kappa shape index (κ2) is 5.43. The van der Waals surface area contributed by atoms with Crippen molar-refractivity contribution in [3.8, 4) is 0 Å². The third-order valence-corrected chi connectivity index (χ3v) is 5.90. The van der Waals surface area contributed by atoms with Crippen molar-refractivity contribution in [3.05, 3.63) is 0 Å². The number of urea groups is 1. The molecule has 0 radical (unpaired) electrons. The molecule has 118 valence electrons. The Kier molecular flexibility index (Phi) is 3.58. The van der Waals surface area contributed by atoms with E-state index in [4.69, 9.17) is 9.47 Å². The van der Waals surface area contributed by atoms with Crippen LogP contribution in [-0.4, -0.2) is 49.1 Å². The molecule has 4 rings (SSSR count). The Balaban J connectivity index is 1.26. The van der Waals surface area contributed by atoms with E-state index in [-0.39, 0.29) is 17.9 Å². The van der Waals surface area contributed by atoms with Gasteiger partial charge in [0.05, 0.1) is 13.2 Å². The van der Waals surface area contributed by atoms with E-state index in [2.05, 4.69) is 5.32 Å². The van der Waals surface area contributed by atoms with Gasteiger partial charge in [-0.05, 0) is 37.5 Å². The molecule has 5 heteroatoms. The molecule has 2 heterocycles. The van der Waals surface area contributed by atoms with Crippen molar-refractivity contribution in [1.29, 1.82) is 0 Å². The molecule has 21 heavy (non-hydrogen) atoms. The van der Waals surface area contributed by atoms with Crippen molar-refractivity contribution in [2.24, 2.45) is 11.8 Å². The molecule has 0 aromatic carbocycles. The van der Waals surface area contributed by atoms with Gasteiger partial charge in [0.25, 0.3) is 0 Å². The highest BCUT2D eigenvalue weighted by Gasteiger charge is 2.42. The highest BCUT2D eigenvalue weighted by Crippen LogP contribution is 2.38. The Labute approximate surface area is 126 Å². The van der Waals surface area contributed by atoms with Gasteiger partial charge in [0.15, 0.2) is 5.79 Å². The number of ether oxygens (including phenoxy) is 2. The summed E-state index contributed by atoms with van der Waals surface area (Å²) >= 11 is 0. The molecular formula is C16H26N2O3. The van der Waals surface area contributed by atoms with E-state index in [0.29, 0.717) is 13.2 Å². The lowest BCUT2D eigenvalue weighted by Crippen LogP contribution is -2.48. The number of nitrogens with one attached hydrogen (secondary N) is 1. The lowest BCUT2D eigenvalue weighted by atomic mass is 9.90. The number of likely N-dealkylation sites (tertiary alicyclic amines) is 1. The number of fused-ring (bicyclic) bond motifs is 1. The zero-order chi connectivity index (χ0) is 14.3. The van der Waals surface area contributed by atoms with E-state index >= 15 is 0 Å². The summed E-state index contributed by atoms with van der Waals surface area (Å²) in [7, 11) is 0. The molecule has 2 aliphatic heterocycles. The highest BCUT2D eigenvalue weighted by molar-refractivity contribution is 5.75. The van der Waals surface area contributed by atoms with Crippen molar-refractivity contribution in [1.82, 2.24) is 10.2 Å². The molecule has 0 aromatic heterocycles. The standard InChI is InChI=1S/C16H26N2O3/c19-15(18-10-12-2-1-3-13(12)11-18)17-14-4-6-16(7-5-14)20-8-9-21-16/h12-14H,1-11H2,(H,17,19). The molecule has 4 aliphatic rings. The quantitative estimate of drug-likeness (QED) is 0.806. The number of nitrogens with zero attached hydrogens (tertiary/aromatic N) is 1. The van der Waals surface area contributed by atoms with Crippen LogP contribution in [0.5, 0.6) is 0 Å². The number of hydrogen-bond donors (Lipinski definition) is 1. The monoisotopic (exact) mass is 294 g/mol. The minimum absolute atomic E-state index is 0.151. The van der Waals surface area contributed by atoms with Crippen molar-refractivity contribution in [2.45, 2.75) is 56.8 Å². The predicted octanol–water partition coefficient (Wildman–Crippen LogP) is 2.11. The first-order valence-electron chi connectivity index (χ1n) is 8.57. The number of rotatable bonds is 1. The van der Waals surface area contributed by atoms with Gasteiger partial charge in [-0.2, -0.15) is 0 Å². The maximum absolute atomic E-state index is 12.4. The normalized spacial score (nSPS) is 35.3. The van der Waals surface area contributed by atoms with E-state index in [1.165, 1.54) is 19.3 Å². The summed E-state index contributed by atoms with van der Waals surface area (Å²) in [4.78, 5) is 14.5.